The third kappa shape index (κ3) is 4.59. The van der Waals surface area contributed by atoms with Crippen molar-refractivity contribution in [1.82, 2.24) is 4.90 Å². The number of carbonyl (C=O) groups excluding carboxylic acids is 1. The van der Waals surface area contributed by atoms with Crippen LogP contribution < -0.4 is 5.32 Å². The summed E-state index contributed by atoms with van der Waals surface area (Å²) in [4.78, 5) is 14.2. The number of para-hydroxylation sites is 1. The minimum atomic E-state index is -0.0969. The van der Waals surface area contributed by atoms with E-state index in [1.165, 1.54) is 0 Å². The molecule has 5 heteroatoms. The Morgan fingerprint density at radius 3 is 2.71 bits per heavy atom. The number of nitrogens with zero attached hydrogens (tertiary/aromatic N) is 3. The molecule has 0 spiro atoms. The second-order valence-corrected chi connectivity index (χ2v) is 5.13. The van der Waals surface area contributed by atoms with Crippen LogP contribution in [-0.4, -0.2) is 29.9 Å². The average Bonchev–Trinajstić information content (AvgIpc) is 3.32. The number of benzene rings is 1. The quantitative estimate of drug-likeness (QED) is 0.832. The summed E-state index contributed by atoms with van der Waals surface area (Å²) < 4.78 is 0. The lowest BCUT2D eigenvalue weighted by Crippen LogP contribution is -2.30. The van der Waals surface area contributed by atoms with Crippen LogP contribution >= 0.6 is 0 Å². The summed E-state index contributed by atoms with van der Waals surface area (Å²) >= 11 is 0. The minimum Gasteiger partial charge on any atom is -0.325 e. The molecule has 1 aliphatic carbocycles. The van der Waals surface area contributed by atoms with Crippen LogP contribution in [0.25, 0.3) is 0 Å². The van der Waals surface area contributed by atoms with Crippen molar-refractivity contribution < 1.29 is 4.79 Å². The van der Waals surface area contributed by atoms with Crippen LogP contribution in [0.1, 0.15) is 31.2 Å². The maximum atomic E-state index is 12.0. The summed E-state index contributed by atoms with van der Waals surface area (Å²) in [7, 11) is 0. The predicted octanol–water partition coefficient (Wildman–Crippen LogP) is 2.26. The van der Waals surface area contributed by atoms with Gasteiger partial charge in [-0.05, 0) is 25.0 Å². The van der Waals surface area contributed by atoms with Gasteiger partial charge in [-0.25, -0.2) is 0 Å². The summed E-state index contributed by atoms with van der Waals surface area (Å²) in [5.41, 5.74) is 1.02. The van der Waals surface area contributed by atoms with Gasteiger partial charge < -0.3 is 5.32 Å². The number of amides is 1. The molecule has 5 nitrogen and oxygen atoms in total. The van der Waals surface area contributed by atoms with E-state index in [-0.39, 0.29) is 5.91 Å². The van der Waals surface area contributed by atoms with Crippen LogP contribution in [0.3, 0.4) is 0 Å². The molecule has 1 amide bonds. The van der Waals surface area contributed by atoms with Gasteiger partial charge in [0.2, 0.25) is 5.91 Å². The molecule has 1 aromatic rings. The van der Waals surface area contributed by atoms with E-state index in [9.17, 15) is 4.79 Å². The van der Waals surface area contributed by atoms with Gasteiger partial charge in [0.25, 0.3) is 0 Å². The highest BCUT2D eigenvalue weighted by molar-refractivity contribution is 5.92. The van der Waals surface area contributed by atoms with E-state index >= 15 is 0 Å². The highest BCUT2D eigenvalue weighted by atomic mass is 16.1. The van der Waals surface area contributed by atoms with E-state index in [0.29, 0.717) is 36.7 Å². The maximum absolute atomic E-state index is 12.0. The number of hydrogen-bond donors (Lipinski definition) is 1. The lowest BCUT2D eigenvalue weighted by molar-refractivity contribution is -0.116. The Morgan fingerprint density at radius 2 is 2.05 bits per heavy atom. The molecule has 108 valence electrons. The summed E-state index contributed by atoms with van der Waals surface area (Å²) in [6.07, 6.45) is 3.19. The molecule has 0 heterocycles. The molecule has 1 saturated carbocycles. The smallest absolute Gasteiger partial charge is 0.225 e. The van der Waals surface area contributed by atoms with Gasteiger partial charge >= 0.3 is 0 Å². The molecular formula is C16H18N4O. The number of rotatable bonds is 7. The zero-order valence-electron chi connectivity index (χ0n) is 11.9. The molecule has 0 atom stereocenters. The van der Waals surface area contributed by atoms with E-state index in [1.807, 2.05) is 0 Å². The number of anilines is 1. The van der Waals surface area contributed by atoms with Crippen LogP contribution in [0.15, 0.2) is 24.3 Å². The predicted molar refractivity (Wildman–Crippen MR) is 79.2 cm³/mol. The monoisotopic (exact) mass is 282 g/mol. The summed E-state index contributed by atoms with van der Waals surface area (Å²) in [5.74, 6) is -0.0969. The summed E-state index contributed by atoms with van der Waals surface area (Å²) in [6, 6.07) is 11.7. The van der Waals surface area contributed by atoms with Crippen molar-refractivity contribution in [1.29, 1.82) is 10.5 Å². The molecule has 0 radical (unpaired) electrons. The van der Waals surface area contributed by atoms with Gasteiger partial charge in [-0.15, -0.1) is 0 Å². The third-order valence-corrected chi connectivity index (χ3v) is 3.52. The fourth-order valence-electron chi connectivity index (χ4n) is 2.26. The summed E-state index contributed by atoms with van der Waals surface area (Å²) in [5, 5.41) is 20.4. The topological polar surface area (TPSA) is 79.9 Å². The SMILES string of the molecule is N#CCCN(CCC(=O)Nc1ccccc1C#N)C1CC1. The van der Waals surface area contributed by atoms with Crippen LogP contribution in [0.5, 0.6) is 0 Å². The van der Waals surface area contributed by atoms with E-state index in [1.54, 1.807) is 24.3 Å². The highest BCUT2D eigenvalue weighted by Gasteiger charge is 2.28. The largest absolute Gasteiger partial charge is 0.325 e. The van der Waals surface area contributed by atoms with Crippen LogP contribution in [0.2, 0.25) is 0 Å². The van der Waals surface area contributed by atoms with Gasteiger partial charge in [0.05, 0.1) is 17.3 Å². The van der Waals surface area contributed by atoms with Crippen molar-refractivity contribution in [3.05, 3.63) is 29.8 Å². The molecule has 1 aromatic carbocycles. The van der Waals surface area contributed by atoms with Gasteiger partial charge in [0.1, 0.15) is 6.07 Å². The zero-order valence-corrected chi connectivity index (χ0v) is 11.9. The Hall–Kier alpha value is -2.37. The molecule has 21 heavy (non-hydrogen) atoms. The molecule has 0 bridgehead atoms. The Bertz CT molecular complexity index is 581. The van der Waals surface area contributed by atoms with Gasteiger partial charge in [0, 0.05) is 32.0 Å². The van der Waals surface area contributed by atoms with E-state index in [4.69, 9.17) is 10.5 Å². The molecule has 0 aliphatic heterocycles. The Balaban J connectivity index is 1.84. The lowest BCUT2D eigenvalue weighted by atomic mass is 10.2. The Morgan fingerprint density at radius 1 is 1.29 bits per heavy atom. The molecule has 0 aromatic heterocycles. The minimum absolute atomic E-state index is 0.0969. The van der Waals surface area contributed by atoms with Crippen LogP contribution in [0.4, 0.5) is 5.69 Å². The molecule has 1 fully saturated rings. The standard InChI is InChI=1S/C16H18N4O/c17-9-3-10-20(14-6-7-14)11-8-16(21)19-15-5-2-1-4-13(15)12-18/h1-2,4-5,14H,3,6-8,10-11H2,(H,19,21). The normalized spacial score (nSPS) is 13.5. The van der Waals surface area contributed by atoms with Gasteiger partial charge in [-0.2, -0.15) is 10.5 Å². The van der Waals surface area contributed by atoms with Gasteiger partial charge in [-0.3, -0.25) is 9.69 Å². The van der Waals surface area contributed by atoms with E-state index in [0.717, 1.165) is 19.4 Å². The first-order chi connectivity index (χ1) is 10.2. The second-order valence-electron chi connectivity index (χ2n) is 5.13. The molecule has 2 rings (SSSR count). The average molecular weight is 282 g/mol. The first-order valence-corrected chi connectivity index (χ1v) is 7.14. The Kier molecular flexibility index (Phi) is 5.31. The number of hydrogen-bond acceptors (Lipinski definition) is 4. The van der Waals surface area contributed by atoms with Crippen molar-refractivity contribution >= 4 is 11.6 Å². The Labute approximate surface area is 124 Å². The van der Waals surface area contributed by atoms with Crippen LogP contribution in [-0.2, 0) is 4.79 Å². The first kappa shape index (κ1) is 15.0. The first-order valence-electron chi connectivity index (χ1n) is 7.14. The van der Waals surface area contributed by atoms with Gasteiger partial charge in [0.15, 0.2) is 0 Å². The molecule has 0 unspecified atom stereocenters. The second kappa shape index (κ2) is 7.42. The van der Waals surface area contributed by atoms with Crippen molar-refractivity contribution in [3.8, 4) is 12.1 Å². The molecule has 1 aliphatic rings. The number of nitrogens with one attached hydrogen (secondary N) is 1. The van der Waals surface area contributed by atoms with Gasteiger partial charge in [-0.1, -0.05) is 12.1 Å². The van der Waals surface area contributed by atoms with E-state index in [2.05, 4.69) is 22.4 Å². The number of nitriles is 2. The molecule has 0 saturated heterocycles. The highest BCUT2D eigenvalue weighted by Crippen LogP contribution is 2.27. The van der Waals surface area contributed by atoms with Crippen molar-refractivity contribution in [2.24, 2.45) is 0 Å². The maximum Gasteiger partial charge on any atom is 0.225 e. The van der Waals surface area contributed by atoms with Crippen molar-refractivity contribution in [2.75, 3.05) is 18.4 Å². The zero-order chi connectivity index (χ0) is 15.1. The lowest BCUT2D eigenvalue weighted by Gasteiger charge is -2.20. The fraction of sp³-hybridized carbons (Fsp3) is 0.438. The van der Waals surface area contributed by atoms with Crippen molar-refractivity contribution in [2.45, 2.75) is 31.7 Å². The number of carbonyl (C=O) groups is 1. The third-order valence-electron chi connectivity index (χ3n) is 3.52. The molecular weight excluding hydrogens is 264 g/mol. The molecule has 1 N–H and O–H groups in total. The fourth-order valence-corrected chi connectivity index (χ4v) is 2.26. The van der Waals surface area contributed by atoms with Crippen LogP contribution in [0, 0.1) is 22.7 Å². The van der Waals surface area contributed by atoms with Crippen molar-refractivity contribution in [3.63, 3.8) is 0 Å². The summed E-state index contributed by atoms with van der Waals surface area (Å²) in [6.45, 7) is 1.39. The van der Waals surface area contributed by atoms with E-state index < -0.39 is 0 Å².